The molecule has 7 heteroatoms. The fourth-order valence-electron chi connectivity index (χ4n) is 5.42. The number of aliphatic hydroxyl groups excluding tert-OH is 1. The molecule has 2 aliphatic carbocycles. The molecule has 0 radical (unpaired) electrons. The second kappa shape index (κ2) is 9.45. The lowest BCUT2D eigenvalue weighted by Crippen LogP contribution is -2.47. The third-order valence-electron chi connectivity index (χ3n) is 7.77. The molecule has 34 heavy (non-hydrogen) atoms. The average Bonchev–Trinajstić information content (AvgIpc) is 3.40. The SMILES string of the molecule is C=C(C1=C(NC)CC(C)(C)CC1)c1cc2c([nH]1)CC(N(C)C(=O)CN1C(=O)CC[C@@H]1CO)C=C2. The summed E-state index contributed by atoms with van der Waals surface area (Å²) in [5, 5.41) is 12.9. The summed E-state index contributed by atoms with van der Waals surface area (Å²) in [5.74, 6) is -0.173. The van der Waals surface area contributed by atoms with Crippen LogP contribution in [0.1, 0.15) is 62.9 Å². The predicted octanol–water partition coefficient (Wildman–Crippen LogP) is 3.09. The summed E-state index contributed by atoms with van der Waals surface area (Å²) < 4.78 is 0. The summed E-state index contributed by atoms with van der Waals surface area (Å²) in [6, 6.07) is 1.81. The van der Waals surface area contributed by atoms with E-state index in [0.29, 0.717) is 24.7 Å². The first-order valence-corrected chi connectivity index (χ1v) is 12.3. The number of likely N-dealkylation sites (tertiary alicyclic amines) is 1. The van der Waals surface area contributed by atoms with Gasteiger partial charge in [-0.05, 0) is 53.9 Å². The van der Waals surface area contributed by atoms with Crippen molar-refractivity contribution >= 4 is 23.5 Å². The number of hydrogen-bond donors (Lipinski definition) is 3. The number of aromatic amines is 1. The van der Waals surface area contributed by atoms with Gasteiger partial charge in [0.2, 0.25) is 11.8 Å². The number of aromatic nitrogens is 1. The first-order valence-electron chi connectivity index (χ1n) is 12.3. The molecule has 2 atom stereocenters. The minimum absolute atomic E-state index is 0.0157. The monoisotopic (exact) mass is 466 g/mol. The van der Waals surface area contributed by atoms with Gasteiger partial charge < -0.3 is 25.2 Å². The Labute approximate surface area is 202 Å². The van der Waals surface area contributed by atoms with E-state index in [1.54, 1.807) is 11.9 Å². The van der Waals surface area contributed by atoms with Crippen molar-refractivity contribution in [3.8, 4) is 0 Å². The minimum Gasteiger partial charge on any atom is -0.394 e. The normalized spacial score (nSPS) is 23.8. The molecule has 1 aromatic rings. The van der Waals surface area contributed by atoms with E-state index >= 15 is 0 Å². The van der Waals surface area contributed by atoms with Crippen molar-refractivity contribution in [2.45, 2.75) is 64.5 Å². The Bertz CT molecular complexity index is 1050. The van der Waals surface area contributed by atoms with Crippen LogP contribution in [0.5, 0.6) is 0 Å². The van der Waals surface area contributed by atoms with Crippen LogP contribution in [0.3, 0.4) is 0 Å². The average molecular weight is 467 g/mol. The Balaban J connectivity index is 1.45. The van der Waals surface area contributed by atoms with Crippen LogP contribution in [0.15, 0.2) is 30.0 Å². The second-order valence-corrected chi connectivity index (χ2v) is 10.7. The molecular weight excluding hydrogens is 428 g/mol. The molecule has 1 aliphatic heterocycles. The van der Waals surface area contributed by atoms with Gasteiger partial charge >= 0.3 is 0 Å². The van der Waals surface area contributed by atoms with E-state index in [2.05, 4.69) is 48.9 Å². The van der Waals surface area contributed by atoms with Crippen LogP contribution in [0, 0.1) is 5.41 Å². The molecular formula is C27H38N4O3. The van der Waals surface area contributed by atoms with E-state index in [1.165, 1.54) is 16.2 Å². The van der Waals surface area contributed by atoms with E-state index in [1.807, 2.05) is 7.05 Å². The number of carbonyl (C=O) groups excluding carboxylic acids is 2. The number of carbonyl (C=O) groups is 2. The smallest absolute Gasteiger partial charge is 0.242 e. The lowest BCUT2D eigenvalue weighted by atomic mass is 9.75. The van der Waals surface area contributed by atoms with E-state index in [0.717, 1.165) is 41.8 Å². The summed E-state index contributed by atoms with van der Waals surface area (Å²) in [6.07, 6.45) is 8.97. The summed E-state index contributed by atoms with van der Waals surface area (Å²) in [4.78, 5) is 31.9. The predicted molar refractivity (Wildman–Crippen MR) is 135 cm³/mol. The van der Waals surface area contributed by atoms with Gasteiger partial charge in [-0.1, -0.05) is 32.6 Å². The standard InChI is InChI=1S/C27H38N4O3/c1-17(21-10-11-27(2,3)14-24(21)28-4)22-12-18-6-7-19(13-23(18)29-22)30(5)26(34)15-31-20(16-32)8-9-25(31)33/h6-7,12,19-20,28-29,32H,1,8-11,13-16H2,2-5H3/t19?,20-/m1/s1. The van der Waals surface area contributed by atoms with Crippen molar-refractivity contribution in [3.05, 3.63) is 46.9 Å². The number of amides is 2. The number of nitrogens with zero attached hydrogens (tertiary/aromatic N) is 2. The van der Waals surface area contributed by atoms with E-state index < -0.39 is 0 Å². The molecule has 4 rings (SSSR count). The number of H-pyrrole nitrogens is 1. The maximum Gasteiger partial charge on any atom is 0.242 e. The molecule has 1 aromatic heterocycles. The Morgan fingerprint density at radius 1 is 1.38 bits per heavy atom. The van der Waals surface area contributed by atoms with Gasteiger partial charge in [-0.3, -0.25) is 9.59 Å². The first-order chi connectivity index (χ1) is 16.1. The maximum atomic E-state index is 12.9. The number of hydrogen-bond acceptors (Lipinski definition) is 4. The fourth-order valence-corrected chi connectivity index (χ4v) is 5.42. The van der Waals surface area contributed by atoms with E-state index in [9.17, 15) is 14.7 Å². The lowest BCUT2D eigenvalue weighted by Gasteiger charge is -2.33. The summed E-state index contributed by atoms with van der Waals surface area (Å²) in [6.45, 7) is 8.95. The van der Waals surface area contributed by atoms with Crippen LogP contribution in [0.25, 0.3) is 11.6 Å². The molecule has 0 spiro atoms. The van der Waals surface area contributed by atoms with E-state index in [-0.39, 0.29) is 37.0 Å². The van der Waals surface area contributed by atoms with E-state index in [4.69, 9.17) is 0 Å². The van der Waals surface area contributed by atoms with Gasteiger partial charge in [0.25, 0.3) is 0 Å². The molecule has 7 nitrogen and oxygen atoms in total. The number of likely N-dealkylation sites (N-methyl/N-ethyl adjacent to an activating group) is 1. The number of fused-ring (bicyclic) bond motifs is 1. The maximum absolute atomic E-state index is 12.9. The van der Waals surface area contributed by atoms with Gasteiger partial charge in [-0.25, -0.2) is 0 Å². The molecule has 2 heterocycles. The zero-order valence-electron chi connectivity index (χ0n) is 20.9. The second-order valence-electron chi connectivity index (χ2n) is 10.7. The summed E-state index contributed by atoms with van der Waals surface area (Å²) in [5.41, 5.74) is 7.14. The van der Waals surface area contributed by atoms with Crippen molar-refractivity contribution in [1.82, 2.24) is 20.1 Å². The first kappa shape index (κ1) is 24.3. The number of nitrogens with one attached hydrogen (secondary N) is 2. The van der Waals surface area contributed by atoms with Crippen LogP contribution in [0.2, 0.25) is 0 Å². The van der Waals surface area contributed by atoms with Gasteiger partial charge in [0.1, 0.15) is 6.54 Å². The topological polar surface area (TPSA) is 88.7 Å². The lowest BCUT2D eigenvalue weighted by molar-refractivity contribution is -0.140. The molecule has 3 aliphatic rings. The quantitative estimate of drug-likeness (QED) is 0.576. The van der Waals surface area contributed by atoms with Gasteiger partial charge in [0, 0.05) is 44.0 Å². The van der Waals surface area contributed by atoms with Crippen molar-refractivity contribution in [1.29, 1.82) is 0 Å². The van der Waals surface area contributed by atoms with Crippen LogP contribution in [-0.4, -0.2) is 71.0 Å². The number of aliphatic hydroxyl groups is 1. The largest absolute Gasteiger partial charge is 0.394 e. The molecule has 1 fully saturated rings. The Hall–Kier alpha value is -2.80. The molecule has 1 saturated heterocycles. The third kappa shape index (κ3) is 4.71. The molecule has 2 amide bonds. The molecule has 0 aromatic carbocycles. The van der Waals surface area contributed by atoms with Crippen LogP contribution in [0.4, 0.5) is 0 Å². The Morgan fingerprint density at radius 2 is 2.15 bits per heavy atom. The van der Waals surface area contributed by atoms with Crippen molar-refractivity contribution < 1.29 is 14.7 Å². The van der Waals surface area contributed by atoms with Crippen molar-refractivity contribution in [2.24, 2.45) is 5.41 Å². The molecule has 3 N–H and O–H groups in total. The van der Waals surface area contributed by atoms with Crippen LogP contribution >= 0.6 is 0 Å². The summed E-state index contributed by atoms with van der Waals surface area (Å²) >= 11 is 0. The number of allylic oxidation sites excluding steroid dienone is 3. The third-order valence-corrected chi connectivity index (χ3v) is 7.77. The zero-order valence-corrected chi connectivity index (χ0v) is 20.9. The highest BCUT2D eigenvalue weighted by atomic mass is 16.3. The van der Waals surface area contributed by atoms with Crippen molar-refractivity contribution in [2.75, 3.05) is 27.2 Å². The summed E-state index contributed by atoms with van der Waals surface area (Å²) in [7, 11) is 3.77. The van der Waals surface area contributed by atoms with Crippen molar-refractivity contribution in [3.63, 3.8) is 0 Å². The van der Waals surface area contributed by atoms with Gasteiger partial charge in [-0.2, -0.15) is 0 Å². The van der Waals surface area contributed by atoms with Gasteiger partial charge in [0.05, 0.1) is 18.7 Å². The highest BCUT2D eigenvalue weighted by Gasteiger charge is 2.34. The Morgan fingerprint density at radius 3 is 2.85 bits per heavy atom. The van der Waals surface area contributed by atoms with Gasteiger partial charge in [0.15, 0.2) is 0 Å². The molecule has 0 saturated carbocycles. The fraction of sp³-hybridized carbons (Fsp3) is 0.556. The van der Waals surface area contributed by atoms with Gasteiger partial charge in [-0.15, -0.1) is 0 Å². The Kier molecular flexibility index (Phi) is 6.76. The zero-order chi connectivity index (χ0) is 24.6. The molecule has 184 valence electrons. The molecule has 0 bridgehead atoms. The highest BCUT2D eigenvalue weighted by Crippen LogP contribution is 2.42. The minimum atomic E-state index is -0.252. The van der Waals surface area contributed by atoms with Crippen LogP contribution < -0.4 is 5.32 Å². The number of rotatable bonds is 7. The molecule has 1 unspecified atom stereocenters. The highest BCUT2D eigenvalue weighted by molar-refractivity contribution is 5.86. The van der Waals surface area contributed by atoms with Crippen LogP contribution in [-0.2, 0) is 16.0 Å².